The molecule has 190 valence electrons. The second-order valence-corrected chi connectivity index (χ2v) is 10.7. The lowest BCUT2D eigenvalue weighted by Crippen LogP contribution is -2.46. The topological polar surface area (TPSA) is 101 Å². The average molecular weight is 509 g/mol. The van der Waals surface area contributed by atoms with Crippen LogP contribution in [-0.2, 0) is 9.84 Å². The number of fused-ring (bicyclic) bond motifs is 1. The number of sulfone groups is 1. The van der Waals surface area contributed by atoms with E-state index in [-0.39, 0.29) is 16.6 Å². The van der Waals surface area contributed by atoms with Gasteiger partial charge < -0.3 is 24.9 Å². The summed E-state index contributed by atoms with van der Waals surface area (Å²) >= 11 is 0. The predicted molar refractivity (Wildman–Crippen MR) is 141 cm³/mol. The van der Waals surface area contributed by atoms with Gasteiger partial charge >= 0.3 is 0 Å². The van der Waals surface area contributed by atoms with Crippen LogP contribution in [0.15, 0.2) is 93.3 Å². The number of furan rings is 1. The highest BCUT2D eigenvalue weighted by molar-refractivity contribution is 7.91. The zero-order chi connectivity index (χ0) is 25.5. The molecule has 2 heterocycles. The van der Waals surface area contributed by atoms with E-state index in [1.165, 1.54) is 12.1 Å². The summed E-state index contributed by atoms with van der Waals surface area (Å²) in [4.78, 5) is 0.109. The molecule has 0 radical (unpaired) electrons. The Balaban J connectivity index is 0.000000375. The molecule has 3 aromatic carbocycles. The molecule has 7 nitrogen and oxygen atoms in total. The van der Waals surface area contributed by atoms with Gasteiger partial charge in [0.1, 0.15) is 17.9 Å². The molecular weight excluding hydrogens is 476 g/mol. The van der Waals surface area contributed by atoms with Gasteiger partial charge in [-0.15, -0.1) is 0 Å². The number of piperazine rings is 1. The molecular formula is C28H32N2O5S. The molecule has 3 N–H and O–H groups in total. The van der Waals surface area contributed by atoms with E-state index in [9.17, 15) is 13.5 Å². The van der Waals surface area contributed by atoms with E-state index < -0.39 is 15.9 Å². The van der Waals surface area contributed by atoms with Crippen molar-refractivity contribution in [1.82, 2.24) is 10.6 Å². The van der Waals surface area contributed by atoms with Crippen molar-refractivity contribution in [3.63, 3.8) is 0 Å². The molecule has 0 spiro atoms. The molecule has 36 heavy (non-hydrogen) atoms. The van der Waals surface area contributed by atoms with Crippen LogP contribution in [0.5, 0.6) is 5.75 Å². The van der Waals surface area contributed by atoms with Gasteiger partial charge in [-0.2, -0.15) is 0 Å². The van der Waals surface area contributed by atoms with Crippen LogP contribution in [0.3, 0.4) is 0 Å². The van der Waals surface area contributed by atoms with Crippen molar-refractivity contribution in [3.8, 4) is 16.9 Å². The number of aliphatic hydroxyl groups excluding tert-OH is 1. The summed E-state index contributed by atoms with van der Waals surface area (Å²) in [6.07, 6.45) is -0.609. The van der Waals surface area contributed by atoms with Crippen molar-refractivity contribution in [2.75, 3.05) is 26.2 Å². The van der Waals surface area contributed by atoms with Gasteiger partial charge in [0.05, 0.1) is 11.0 Å². The third kappa shape index (κ3) is 6.14. The minimum absolute atomic E-state index is 0.0810. The summed E-state index contributed by atoms with van der Waals surface area (Å²) in [6.45, 7) is 7.32. The Hall–Kier alpha value is -3.17. The van der Waals surface area contributed by atoms with Crippen molar-refractivity contribution < 1.29 is 22.7 Å². The second kappa shape index (κ2) is 11.7. The van der Waals surface area contributed by atoms with Crippen LogP contribution < -0.4 is 15.4 Å². The SMILES string of the molecule is CC(O)COc1ccc(S(=O)(=O)c2oc3ccccc3c2-c2ccccc2)cc1.CC1CNCCN1. The number of rotatable bonds is 6. The third-order valence-corrected chi connectivity index (χ3v) is 7.41. The molecule has 0 saturated carbocycles. The molecule has 1 aliphatic rings. The highest BCUT2D eigenvalue weighted by Crippen LogP contribution is 2.39. The number of ether oxygens (including phenoxy) is 1. The highest BCUT2D eigenvalue weighted by atomic mass is 32.2. The molecule has 1 fully saturated rings. The Morgan fingerprint density at radius 3 is 2.31 bits per heavy atom. The Morgan fingerprint density at radius 2 is 1.69 bits per heavy atom. The first-order chi connectivity index (χ1) is 17.4. The van der Waals surface area contributed by atoms with Crippen LogP contribution in [0.1, 0.15) is 13.8 Å². The molecule has 0 amide bonds. The summed E-state index contributed by atoms with van der Waals surface area (Å²) in [5.74, 6) is 0.484. The molecule has 1 saturated heterocycles. The molecule has 1 aliphatic heterocycles. The van der Waals surface area contributed by atoms with Gasteiger partial charge in [0, 0.05) is 36.6 Å². The molecule has 5 rings (SSSR count). The Kier molecular flexibility index (Phi) is 8.43. The lowest BCUT2D eigenvalue weighted by atomic mass is 10.1. The average Bonchev–Trinajstić information content (AvgIpc) is 3.30. The molecule has 8 heteroatoms. The van der Waals surface area contributed by atoms with E-state index in [4.69, 9.17) is 9.15 Å². The first kappa shape index (κ1) is 25.9. The van der Waals surface area contributed by atoms with Gasteiger partial charge in [0.2, 0.25) is 14.9 Å². The number of nitrogens with one attached hydrogen (secondary N) is 2. The lowest BCUT2D eigenvalue weighted by molar-refractivity contribution is 0.122. The molecule has 0 bridgehead atoms. The Morgan fingerprint density at radius 1 is 1.00 bits per heavy atom. The van der Waals surface area contributed by atoms with Crippen LogP contribution >= 0.6 is 0 Å². The van der Waals surface area contributed by atoms with Gasteiger partial charge in [-0.05, 0) is 49.7 Å². The number of benzene rings is 3. The quantitative estimate of drug-likeness (QED) is 0.358. The van der Waals surface area contributed by atoms with Crippen LogP contribution in [0, 0.1) is 0 Å². The predicted octanol–water partition coefficient (Wildman–Crippen LogP) is 4.26. The third-order valence-electron chi connectivity index (χ3n) is 5.74. The second-order valence-electron chi connectivity index (χ2n) is 8.82. The lowest BCUT2D eigenvalue weighted by Gasteiger charge is -2.19. The van der Waals surface area contributed by atoms with Crippen molar-refractivity contribution in [2.24, 2.45) is 0 Å². The smallest absolute Gasteiger partial charge is 0.240 e. The molecule has 0 aliphatic carbocycles. The first-order valence-corrected chi connectivity index (χ1v) is 13.5. The number of para-hydroxylation sites is 1. The maximum absolute atomic E-state index is 13.4. The number of aliphatic hydroxyl groups is 1. The fraction of sp³-hybridized carbons (Fsp3) is 0.286. The highest BCUT2D eigenvalue weighted by Gasteiger charge is 2.28. The van der Waals surface area contributed by atoms with Crippen molar-refractivity contribution in [1.29, 1.82) is 0 Å². The normalized spacial score (nSPS) is 16.7. The summed E-state index contributed by atoms with van der Waals surface area (Å²) in [5.41, 5.74) is 1.84. The summed E-state index contributed by atoms with van der Waals surface area (Å²) in [6, 6.07) is 23.4. The van der Waals surface area contributed by atoms with Crippen LogP contribution in [0.25, 0.3) is 22.1 Å². The number of hydrogen-bond donors (Lipinski definition) is 3. The van der Waals surface area contributed by atoms with Crippen LogP contribution in [-0.4, -0.2) is 51.9 Å². The summed E-state index contributed by atoms with van der Waals surface area (Å²) < 4.78 is 38.0. The first-order valence-electron chi connectivity index (χ1n) is 12.0. The van der Waals surface area contributed by atoms with Crippen molar-refractivity contribution in [3.05, 3.63) is 78.9 Å². The van der Waals surface area contributed by atoms with E-state index in [0.717, 1.165) is 30.6 Å². The minimum Gasteiger partial charge on any atom is -0.491 e. The van der Waals surface area contributed by atoms with E-state index in [0.29, 0.717) is 22.9 Å². The molecule has 4 aromatic rings. The van der Waals surface area contributed by atoms with Gasteiger partial charge in [-0.3, -0.25) is 0 Å². The number of hydrogen-bond acceptors (Lipinski definition) is 7. The Bertz CT molecular complexity index is 1360. The fourth-order valence-corrected chi connectivity index (χ4v) is 5.33. The zero-order valence-electron chi connectivity index (χ0n) is 20.5. The zero-order valence-corrected chi connectivity index (χ0v) is 21.3. The van der Waals surface area contributed by atoms with E-state index >= 15 is 0 Å². The van der Waals surface area contributed by atoms with Gasteiger partial charge in [0.25, 0.3) is 0 Å². The van der Waals surface area contributed by atoms with Gasteiger partial charge in [-0.1, -0.05) is 48.5 Å². The van der Waals surface area contributed by atoms with Crippen LogP contribution in [0.4, 0.5) is 0 Å². The Labute approximate surface area is 212 Å². The largest absolute Gasteiger partial charge is 0.491 e. The standard InChI is InChI=1S/C23H20O5S.C5H12N2/c1-16(24)15-27-18-11-13-19(14-12-18)29(25,26)23-22(17-7-3-2-4-8-17)20-9-5-6-10-21(20)28-23;1-5-4-6-2-3-7-5/h2-14,16,24H,15H2,1H3;5-7H,2-4H2,1H3. The van der Waals surface area contributed by atoms with Crippen molar-refractivity contribution >= 4 is 20.8 Å². The molecule has 2 atom stereocenters. The maximum atomic E-state index is 13.4. The van der Waals surface area contributed by atoms with E-state index in [1.54, 1.807) is 25.1 Å². The summed E-state index contributed by atoms with van der Waals surface area (Å²) in [5, 5.41) is 16.6. The van der Waals surface area contributed by atoms with Gasteiger partial charge in [0.15, 0.2) is 0 Å². The van der Waals surface area contributed by atoms with Crippen molar-refractivity contribution in [2.45, 2.75) is 36.0 Å². The molecule has 2 unspecified atom stereocenters. The van der Waals surface area contributed by atoms with E-state index in [1.807, 2.05) is 48.5 Å². The molecule has 1 aromatic heterocycles. The summed E-state index contributed by atoms with van der Waals surface area (Å²) in [7, 11) is -3.90. The minimum atomic E-state index is -3.90. The van der Waals surface area contributed by atoms with Crippen LogP contribution in [0.2, 0.25) is 0 Å². The van der Waals surface area contributed by atoms with E-state index in [2.05, 4.69) is 17.6 Å². The maximum Gasteiger partial charge on any atom is 0.240 e. The monoisotopic (exact) mass is 508 g/mol. The fourth-order valence-electron chi connectivity index (χ4n) is 3.93. The van der Waals surface area contributed by atoms with Gasteiger partial charge in [-0.25, -0.2) is 8.42 Å².